The minimum Gasteiger partial charge on any atom is -0.345 e. The average molecular weight is 367 g/mol. The Morgan fingerprint density at radius 1 is 1.25 bits per heavy atom. The number of rotatable bonds is 7. The van der Waals surface area contributed by atoms with E-state index in [1.807, 2.05) is 47.5 Å². The number of amides is 1. The van der Waals surface area contributed by atoms with Crippen LogP contribution in [0.3, 0.4) is 0 Å². The molecule has 5 heteroatoms. The summed E-state index contributed by atoms with van der Waals surface area (Å²) in [4.78, 5) is 14.3. The largest absolute Gasteiger partial charge is 0.345 e. The third kappa shape index (κ3) is 4.78. The topological polar surface area (TPSA) is 25.2 Å². The molecular weight excluding hydrogens is 343 g/mol. The van der Waals surface area contributed by atoms with Crippen LogP contribution in [0.1, 0.15) is 38.4 Å². The van der Waals surface area contributed by atoms with Crippen LogP contribution in [0.25, 0.3) is 0 Å². The van der Waals surface area contributed by atoms with E-state index in [1.54, 1.807) is 6.92 Å². The lowest BCUT2D eigenvalue weighted by molar-refractivity contribution is -0.133. The summed E-state index contributed by atoms with van der Waals surface area (Å²) in [6.45, 7) is 7.14. The first-order valence-corrected chi connectivity index (χ1v) is 9.06. The normalized spacial score (nSPS) is 13.5. The number of benzene rings is 1. The molecule has 0 unspecified atom stereocenters. The minimum absolute atomic E-state index is 0.0264. The maximum absolute atomic E-state index is 12.5. The van der Waals surface area contributed by atoms with Gasteiger partial charge in [0.1, 0.15) is 5.38 Å². The third-order valence-electron chi connectivity index (χ3n) is 4.24. The molecule has 24 heavy (non-hydrogen) atoms. The van der Waals surface area contributed by atoms with Gasteiger partial charge in [0.15, 0.2) is 0 Å². The molecule has 1 aromatic carbocycles. The molecule has 0 N–H and O–H groups in total. The molecule has 1 amide bonds. The van der Waals surface area contributed by atoms with E-state index in [2.05, 4.69) is 18.4 Å². The van der Waals surface area contributed by atoms with Crippen LogP contribution in [0.4, 0.5) is 0 Å². The lowest BCUT2D eigenvalue weighted by atomic mass is 10.2. The Bertz CT molecular complexity index is 682. The number of aromatic nitrogens is 1. The molecule has 130 valence electrons. The molecule has 0 saturated carbocycles. The van der Waals surface area contributed by atoms with Crippen molar-refractivity contribution >= 4 is 29.1 Å². The fourth-order valence-corrected chi connectivity index (χ4v) is 2.99. The number of nitrogens with zero attached hydrogens (tertiary/aromatic N) is 2. The number of hydrogen-bond donors (Lipinski definition) is 0. The first kappa shape index (κ1) is 18.9. The summed E-state index contributed by atoms with van der Waals surface area (Å²) in [6, 6.07) is 12.0. The van der Waals surface area contributed by atoms with Gasteiger partial charge in [0.25, 0.3) is 0 Å². The first-order chi connectivity index (χ1) is 11.4. The molecule has 0 spiro atoms. The van der Waals surface area contributed by atoms with Gasteiger partial charge in [-0.15, -0.1) is 11.6 Å². The zero-order chi connectivity index (χ0) is 17.7. The molecule has 0 aliphatic heterocycles. The fraction of sp³-hybridized carbons (Fsp3) is 0.421. The smallest absolute Gasteiger partial charge is 0.240 e. The van der Waals surface area contributed by atoms with Crippen molar-refractivity contribution in [3.05, 3.63) is 58.9 Å². The molecule has 0 radical (unpaired) electrons. The molecule has 1 aromatic heterocycles. The van der Waals surface area contributed by atoms with Crippen LogP contribution in [0.5, 0.6) is 0 Å². The first-order valence-electron chi connectivity index (χ1n) is 8.25. The molecule has 0 aliphatic carbocycles. The molecule has 0 aliphatic rings. The van der Waals surface area contributed by atoms with E-state index >= 15 is 0 Å². The van der Waals surface area contributed by atoms with Gasteiger partial charge >= 0.3 is 0 Å². The van der Waals surface area contributed by atoms with Crippen LogP contribution < -0.4 is 0 Å². The Morgan fingerprint density at radius 3 is 2.62 bits per heavy atom. The van der Waals surface area contributed by atoms with Crippen molar-refractivity contribution in [1.29, 1.82) is 0 Å². The second kappa shape index (κ2) is 8.59. The number of carbonyl (C=O) groups is 1. The van der Waals surface area contributed by atoms with E-state index < -0.39 is 5.38 Å². The van der Waals surface area contributed by atoms with Crippen molar-refractivity contribution in [2.45, 2.75) is 51.7 Å². The van der Waals surface area contributed by atoms with Crippen LogP contribution in [-0.4, -0.2) is 26.8 Å². The standard InChI is InChI=1S/C19H24Cl2N2O/c1-4-14(2)23(19(24)15(3)20)13-18-9-6-10-22(18)12-16-7-5-8-17(21)11-16/h5-11,14-15H,4,12-13H2,1-3H3/t14-,15-/m1/s1. The lowest BCUT2D eigenvalue weighted by Gasteiger charge is -2.30. The monoisotopic (exact) mass is 366 g/mol. The average Bonchev–Trinajstić information content (AvgIpc) is 2.98. The highest BCUT2D eigenvalue weighted by atomic mass is 35.5. The quantitative estimate of drug-likeness (QED) is 0.636. The molecule has 2 atom stereocenters. The SMILES string of the molecule is CC[C@@H](C)N(Cc1cccn1Cc1cccc(Cl)c1)C(=O)[C@@H](C)Cl. The third-order valence-corrected chi connectivity index (χ3v) is 4.67. The Hall–Kier alpha value is -1.45. The fourth-order valence-electron chi connectivity index (χ4n) is 2.65. The predicted molar refractivity (Wildman–Crippen MR) is 101 cm³/mol. The predicted octanol–water partition coefficient (Wildman–Crippen LogP) is 4.94. The Kier molecular flexibility index (Phi) is 6.76. The summed E-state index contributed by atoms with van der Waals surface area (Å²) in [5, 5.41) is 0.212. The lowest BCUT2D eigenvalue weighted by Crippen LogP contribution is -2.41. The van der Waals surface area contributed by atoms with Gasteiger partial charge in [0.05, 0.1) is 6.54 Å². The van der Waals surface area contributed by atoms with E-state index in [1.165, 1.54) is 0 Å². The van der Waals surface area contributed by atoms with Crippen molar-refractivity contribution in [2.24, 2.45) is 0 Å². The zero-order valence-corrected chi connectivity index (χ0v) is 15.9. The molecule has 2 rings (SSSR count). The van der Waals surface area contributed by atoms with E-state index in [0.717, 1.165) is 29.2 Å². The van der Waals surface area contributed by atoms with E-state index in [0.29, 0.717) is 6.54 Å². The summed E-state index contributed by atoms with van der Waals surface area (Å²) in [5.41, 5.74) is 2.22. The highest BCUT2D eigenvalue weighted by Gasteiger charge is 2.23. The molecular formula is C19H24Cl2N2O. The van der Waals surface area contributed by atoms with Crippen molar-refractivity contribution < 1.29 is 4.79 Å². The molecule has 0 fully saturated rings. The highest BCUT2D eigenvalue weighted by molar-refractivity contribution is 6.30. The van der Waals surface area contributed by atoms with Crippen molar-refractivity contribution in [2.75, 3.05) is 0 Å². The van der Waals surface area contributed by atoms with Crippen LogP contribution in [0.15, 0.2) is 42.6 Å². The van der Waals surface area contributed by atoms with Gasteiger partial charge in [0.2, 0.25) is 5.91 Å². The summed E-state index contributed by atoms with van der Waals surface area (Å²) in [5.74, 6) is -0.0264. The van der Waals surface area contributed by atoms with Crippen LogP contribution in [-0.2, 0) is 17.9 Å². The van der Waals surface area contributed by atoms with Crippen LogP contribution in [0, 0.1) is 0 Å². The molecule has 0 bridgehead atoms. The summed E-state index contributed by atoms with van der Waals surface area (Å²) < 4.78 is 2.15. The van der Waals surface area contributed by atoms with Crippen LogP contribution in [0.2, 0.25) is 5.02 Å². The van der Waals surface area contributed by atoms with E-state index in [-0.39, 0.29) is 11.9 Å². The van der Waals surface area contributed by atoms with Gasteiger partial charge < -0.3 is 9.47 Å². The highest BCUT2D eigenvalue weighted by Crippen LogP contribution is 2.17. The summed E-state index contributed by atoms with van der Waals surface area (Å²) >= 11 is 12.1. The van der Waals surface area contributed by atoms with E-state index in [9.17, 15) is 4.79 Å². The number of alkyl halides is 1. The van der Waals surface area contributed by atoms with Gasteiger partial charge in [-0.3, -0.25) is 4.79 Å². The minimum atomic E-state index is -0.518. The van der Waals surface area contributed by atoms with Crippen molar-refractivity contribution in [1.82, 2.24) is 9.47 Å². The molecule has 1 heterocycles. The zero-order valence-electron chi connectivity index (χ0n) is 14.4. The maximum Gasteiger partial charge on any atom is 0.240 e. The Labute approximate surface area is 154 Å². The summed E-state index contributed by atoms with van der Waals surface area (Å²) in [7, 11) is 0. The second-order valence-electron chi connectivity index (χ2n) is 6.10. The van der Waals surface area contributed by atoms with Crippen molar-refractivity contribution in [3.8, 4) is 0 Å². The summed E-state index contributed by atoms with van der Waals surface area (Å²) in [6.07, 6.45) is 2.92. The molecule has 0 saturated heterocycles. The van der Waals surface area contributed by atoms with Crippen molar-refractivity contribution in [3.63, 3.8) is 0 Å². The van der Waals surface area contributed by atoms with Crippen LogP contribution >= 0.6 is 23.2 Å². The maximum atomic E-state index is 12.5. The number of hydrogen-bond acceptors (Lipinski definition) is 1. The van der Waals surface area contributed by atoms with Gasteiger partial charge in [-0.05, 0) is 50.1 Å². The number of halogens is 2. The molecule has 2 aromatic rings. The Morgan fingerprint density at radius 2 is 2.00 bits per heavy atom. The van der Waals surface area contributed by atoms with Gasteiger partial charge in [-0.2, -0.15) is 0 Å². The van der Waals surface area contributed by atoms with E-state index in [4.69, 9.17) is 23.2 Å². The van der Waals surface area contributed by atoms with Gasteiger partial charge in [-0.1, -0.05) is 30.7 Å². The Balaban J connectivity index is 2.20. The number of carbonyl (C=O) groups excluding carboxylic acids is 1. The second-order valence-corrected chi connectivity index (χ2v) is 7.19. The van der Waals surface area contributed by atoms with Gasteiger partial charge in [0, 0.05) is 29.5 Å². The molecule has 3 nitrogen and oxygen atoms in total. The van der Waals surface area contributed by atoms with Gasteiger partial charge in [-0.25, -0.2) is 0 Å².